The molecule has 1 amide bonds. The second-order valence-corrected chi connectivity index (χ2v) is 4.11. The Morgan fingerprint density at radius 3 is 2.84 bits per heavy atom. The number of rotatable bonds is 8. The number of hydrogen-bond donors (Lipinski definition) is 2. The van der Waals surface area contributed by atoms with E-state index in [-0.39, 0.29) is 12.5 Å². The third-order valence-electron chi connectivity index (χ3n) is 2.60. The van der Waals surface area contributed by atoms with Gasteiger partial charge in [-0.25, -0.2) is 4.98 Å². The minimum atomic E-state index is -0.164. The first kappa shape index (κ1) is 15.2. The summed E-state index contributed by atoms with van der Waals surface area (Å²) in [4.78, 5) is 17.9. The van der Waals surface area contributed by atoms with Gasteiger partial charge in [0.1, 0.15) is 5.82 Å². The molecule has 0 saturated heterocycles. The van der Waals surface area contributed by atoms with Gasteiger partial charge in [-0.15, -0.1) is 6.58 Å². The number of pyridine rings is 1. The van der Waals surface area contributed by atoms with E-state index in [0.29, 0.717) is 18.7 Å². The molecule has 2 N–H and O–H groups in total. The summed E-state index contributed by atoms with van der Waals surface area (Å²) >= 11 is 0. The van der Waals surface area contributed by atoms with Crippen LogP contribution >= 0.6 is 0 Å². The smallest absolute Gasteiger partial charge is 0.253 e. The third kappa shape index (κ3) is 4.71. The molecule has 0 aliphatic heterocycles. The van der Waals surface area contributed by atoms with Crippen LogP contribution in [0.3, 0.4) is 0 Å². The zero-order chi connectivity index (χ0) is 14.1. The SMILES string of the molecule is C=CCNC(=O)c1ccc(N(CCC)CCO)nc1. The Hall–Kier alpha value is -1.88. The van der Waals surface area contributed by atoms with Crippen LogP contribution < -0.4 is 10.2 Å². The number of carbonyl (C=O) groups excluding carboxylic acids is 1. The lowest BCUT2D eigenvalue weighted by atomic mass is 10.2. The Morgan fingerprint density at radius 1 is 1.53 bits per heavy atom. The Kier molecular flexibility index (Phi) is 6.60. The average molecular weight is 263 g/mol. The maximum Gasteiger partial charge on any atom is 0.253 e. The minimum absolute atomic E-state index is 0.0866. The van der Waals surface area contributed by atoms with Crippen molar-refractivity contribution in [1.82, 2.24) is 10.3 Å². The maximum atomic E-state index is 11.7. The molecule has 5 nitrogen and oxygen atoms in total. The van der Waals surface area contributed by atoms with Crippen LogP contribution in [0.1, 0.15) is 23.7 Å². The summed E-state index contributed by atoms with van der Waals surface area (Å²) in [6, 6.07) is 3.54. The van der Waals surface area contributed by atoms with Crippen molar-refractivity contribution < 1.29 is 9.90 Å². The van der Waals surface area contributed by atoms with Crippen LogP contribution in [0.5, 0.6) is 0 Å². The molecular weight excluding hydrogens is 242 g/mol. The first-order chi connectivity index (χ1) is 9.22. The van der Waals surface area contributed by atoms with Crippen LogP contribution in [0.4, 0.5) is 5.82 Å². The molecule has 0 bridgehead atoms. The minimum Gasteiger partial charge on any atom is -0.395 e. The number of anilines is 1. The summed E-state index contributed by atoms with van der Waals surface area (Å²) in [6.45, 7) is 7.51. The number of amides is 1. The molecular formula is C14H21N3O2. The predicted octanol–water partition coefficient (Wildman–Crippen LogP) is 1.21. The molecule has 0 unspecified atom stereocenters. The molecule has 0 aliphatic carbocycles. The first-order valence-electron chi connectivity index (χ1n) is 6.43. The molecule has 1 rings (SSSR count). The molecule has 0 fully saturated rings. The fourth-order valence-corrected chi connectivity index (χ4v) is 1.71. The summed E-state index contributed by atoms with van der Waals surface area (Å²) in [5, 5.41) is 11.7. The molecule has 104 valence electrons. The van der Waals surface area contributed by atoms with Crippen molar-refractivity contribution in [1.29, 1.82) is 0 Å². The number of carbonyl (C=O) groups is 1. The van der Waals surface area contributed by atoms with Gasteiger partial charge in [-0.2, -0.15) is 0 Å². The summed E-state index contributed by atoms with van der Waals surface area (Å²) < 4.78 is 0. The van der Waals surface area contributed by atoms with Gasteiger partial charge in [0.2, 0.25) is 0 Å². The van der Waals surface area contributed by atoms with E-state index in [2.05, 4.69) is 23.8 Å². The van der Waals surface area contributed by atoms with Gasteiger partial charge in [0, 0.05) is 25.8 Å². The van der Waals surface area contributed by atoms with Crippen LogP contribution in [-0.2, 0) is 0 Å². The second kappa shape index (κ2) is 8.26. The van der Waals surface area contributed by atoms with Crippen molar-refractivity contribution in [3.05, 3.63) is 36.5 Å². The molecule has 0 aromatic carbocycles. The van der Waals surface area contributed by atoms with Crippen molar-refractivity contribution >= 4 is 11.7 Å². The van der Waals surface area contributed by atoms with Crippen molar-refractivity contribution in [2.45, 2.75) is 13.3 Å². The van der Waals surface area contributed by atoms with Crippen molar-refractivity contribution in [2.24, 2.45) is 0 Å². The number of aliphatic hydroxyl groups is 1. The van der Waals surface area contributed by atoms with E-state index >= 15 is 0 Å². The fraction of sp³-hybridized carbons (Fsp3) is 0.429. The summed E-state index contributed by atoms with van der Waals surface area (Å²) in [5.74, 6) is 0.610. The van der Waals surface area contributed by atoms with Gasteiger partial charge >= 0.3 is 0 Å². The topological polar surface area (TPSA) is 65.5 Å². The quantitative estimate of drug-likeness (QED) is 0.692. The van der Waals surface area contributed by atoms with Gasteiger partial charge in [-0.3, -0.25) is 4.79 Å². The average Bonchev–Trinajstić information content (AvgIpc) is 2.44. The molecule has 0 atom stereocenters. The van der Waals surface area contributed by atoms with E-state index in [1.165, 1.54) is 0 Å². The van der Waals surface area contributed by atoms with Gasteiger partial charge in [-0.1, -0.05) is 13.0 Å². The molecule has 0 spiro atoms. The number of nitrogens with zero attached hydrogens (tertiary/aromatic N) is 2. The van der Waals surface area contributed by atoms with Gasteiger partial charge in [0.25, 0.3) is 5.91 Å². The molecule has 1 aromatic rings. The highest BCUT2D eigenvalue weighted by Crippen LogP contribution is 2.11. The summed E-state index contributed by atoms with van der Waals surface area (Å²) in [7, 11) is 0. The molecule has 0 saturated carbocycles. The molecule has 19 heavy (non-hydrogen) atoms. The van der Waals surface area contributed by atoms with E-state index in [4.69, 9.17) is 5.11 Å². The number of hydrogen-bond acceptors (Lipinski definition) is 4. The van der Waals surface area contributed by atoms with E-state index in [0.717, 1.165) is 18.8 Å². The van der Waals surface area contributed by atoms with Crippen molar-refractivity contribution in [3.63, 3.8) is 0 Å². The highest BCUT2D eigenvalue weighted by Gasteiger charge is 2.09. The van der Waals surface area contributed by atoms with Crippen LogP contribution in [0, 0.1) is 0 Å². The van der Waals surface area contributed by atoms with E-state index in [9.17, 15) is 4.79 Å². The van der Waals surface area contributed by atoms with Gasteiger partial charge in [0.05, 0.1) is 12.2 Å². The van der Waals surface area contributed by atoms with Crippen LogP contribution in [-0.4, -0.2) is 42.2 Å². The standard InChI is InChI=1S/C14H21N3O2/c1-3-7-15-14(19)12-5-6-13(16-11-12)17(8-4-2)9-10-18/h3,5-6,11,18H,1,4,7-10H2,2H3,(H,15,19). The van der Waals surface area contributed by atoms with Gasteiger partial charge < -0.3 is 15.3 Å². The van der Waals surface area contributed by atoms with Gasteiger partial charge in [-0.05, 0) is 18.6 Å². The summed E-state index contributed by atoms with van der Waals surface area (Å²) in [6.07, 6.45) is 4.15. The highest BCUT2D eigenvalue weighted by molar-refractivity contribution is 5.94. The Bertz CT molecular complexity index is 398. The largest absolute Gasteiger partial charge is 0.395 e. The molecule has 1 heterocycles. The molecule has 0 radical (unpaired) electrons. The lowest BCUT2D eigenvalue weighted by molar-refractivity contribution is 0.0957. The first-order valence-corrected chi connectivity index (χ1v) is 6.43. The lowest BCUT2D eigenvalue weighted by Crippen LogP contribution is -2.28. The Balaban J connectivity index is 2.73. The van der Waals surface area contributed by atoms with E-state index in [1.54, 1.807) is 24.4 Å². The fourth-order valence-electron chi connectivity index (χ4n) is 1.71. The van der Waals surface area contributed by atoms with Crippen LogP contribution in [0.2, 0.25) is 0 Å². The summed E-state index contributed by atoms with van der Waals surface area (Å²) in [5.41, 5.74) is 0.519. The number of aromatic nitrogens is 1. The zero-order valence-corrected chi connectivity index (χ0v) is 11.3. The van der Waals surface area contributed by atoms with Gasteiger partial charge in [0.15, 0.2) is 0 Å². The number of nitrogens with one attached hydrogen (secondary N) is 1. The Morgan fingerprint density at radius 2 is 2.32 bits per heavy atom. The normalized spacial score (nSPS) is 10.0. The molecule has 1 aromatic heterocycles. The number of aliphatic hydroxyl groups excluding tert-OH is 1. The van der Waals surface area contributed by atoms with Crippen LogP contribution in [0.25, 0.3) is 0 Å². The van der Waals surface area contributed by atoms with E-state index in [1.807, 2.05) is 4.90 Å². The molecule has 5 heteroatoms. The monoisotopic (exact) mass is 263 g/mol. The zero-order valence-electron chi connectivity index (χ0n) is 11.3. The van der Waals surface area contributed by atoms with Crippen molar-refractivity contribution in [2.75, 3.05) is 31.1 Å². The lowest BCUT2D eigenvalue weighted by Gasteiger charge is -2.22. The van der Waals surface area contributed by atoms with Crippen LogP contribution in [0.15, 0.2) is 31.0 Å². The third-order valence-corrected chi connectivity index (χ3v) is 2.60. The predicted molar refractivity (Wildman–Crippen MR) is 76.4 cm³/mol. The highest BCUT2D eigenvalue weighted by atomic mass is 16.3. The maximum absolute atomic E-state index is 11.7. The van der Waals surface area contributed by atoms with E-state index < -0.39 is 0 Å². The van der Waals surface area contributed by atoms with Crippen molar-refractivity contribution in [3.8, 4) is 0 Å². The second-order valence-electron chi connectivity index (χ2n) is 4.11. The Labute approximate surface area is 114 Å². The molecule has 0 aliphatic rings.